The molecule has 2 aromatic carbocycles. The van der Waals surface area contributed by atoms with Crippen LogP contribution < -0.4 is 11.2 Å². The highest BCUT2D eigenvalue weighted by atomic mass is 79.9. The Labute approximate surface area is 184 Å². The first-order chi connectivity index (χ1) is 14.1. The monoisotopic (exact) mass is 497 g/mol. The average Bonchev–Trinajstić information content (AvgIpc) is 2.73. The molecule has 1 atom stereocenters. The van der Waals surface area contributed by atoms with Gasteiger partial charge < -0.3 is 0 Å². The number of hydrogen-bond acceptors (Lipinski definition) is 4. The molecule has 30 heavy (non-hydrogen) atoms. The minimum atomic E-state index is -1.04. The maximum absolute atomic E-state index is 14.1. The highest BCUT2D eigenvalue weighted by molar-refractivity contribution is 9.10. The van der Waals surface area contributed by atoms with Crippen molar-refractivity contribution in [3.63, 3.8) is 0 Å². The van der Waals surface area contributed by atoms with E-state index in [0.717, 1.165) is 24.7 Å². The third kappa shape index (κ3) is 4.05. The maximum atomic E-state index is 14.1. The summed E-state index contributed by atoms with van der Waals surface area (Å²) < 4.78 is 17.1. The van der Waals surface area contributed by atoms with E-state index in [1.54, 1.807) is 24.3 Å². The number of carbonyl (C=O) groups is 1. The molecule has 7 nitrogen and oxygen atoms in total. The van der Waals surface area contributed by atoms with Crippen molar-refractivity contribution in [2.45, 2.75) is 19.5 Å². The normalized spacial score (nSPS) is 12.2. The van der Waals surface area contributed by atoms with Crippen molar-refractivity contribution >= 4 is 44.3 Å². The molecule has 10 heteroatoms. The van der Waals surface area contributed by atoms with E-state index in [2.05, 4.69) is 15.9 Å². The molecule has 0 aliphatic rings. The summed E-state index contributed by atoms with van der Waals surface area (Å²) in [4.78, 5) is 43.9. The molecular formula is C20H18BrClFN3O4. The molecule has 0 N–H and O–H groups in total. The fourth-order valence-electron chi connectivity index (χ4n) is 3.12. The third-order valence-electron chi connectivity index (χ3n) is 4.79. The zero-order valence-electron chi connectivity index (χ0n) is 16.4. The standard InChI is InChI=1S/C20H18BrClFN3O4/c1-11(18(27)24(2)30-3)26-17-9-15(22)16(23)8-14(17)19(28)25(20(26)29)10-12-4-6-13(21)7-5-12/h4-9,11H,10H2,1-3H3. The number of rotatable bonds is 5. The lowest BCUT2D eigenvalue weighted by molar-refractivity contribution is -0.172. The van der Waals surface area contributed by atoms with Crippen LogP contribution in [0.4, 0.5) is 4.39 Å². The molecule has 1 unspecified atom stereocenters. The Balaban J connectivity index is 2.31. The lowest BCUT2D eigenvalue weighted by Gasteiger charge is -2.23. The van der Waals surface area contributed by atoms with Gasteiger partial charge in [-0.05, 0) is 36.8 Å². The minimum Gasteiger partial charge on any atom is -0.281 e. The van der Waals surface area contributed by atoms with Crippen molar-refractivity contribution in [3.05, 3.63) is 78.1 Å². The number of benzene rings is 2. The summed E-state index contributed by atoms with van der Waals surface area (Å²) in [6.07, 6.45) is 0. The van der Waals surface area contributed by atoms with Gasteiger partial charge in [-0.1, -0.05) is 39.7 Å². The summed E-state index contributed by atoms with van der Waals surface area (Å²) in [7, 11) is 2.71. The number of aromatic nitrogens is 2. The first-order valence-electron chi connectivity index (χ1n) is 8.86. The Hall–Kier alpha value is -2.49. The number of carbonyl (C=O) groups excluding carboxylic acids is 1. The van der Waals surface area contributed by atoms with Gasteiger partial charge in [-0.2, -0.15) is 0 Å². The molecule has 0 spiro atoms. The Kier molecular flexibility index (Phi) is 6.44. The van der Waals surface area contributed by atoms with Crippen LogP contribution in [0, 0.1) is 5.82 Å². The van der Waals surface area contributed by atoms with Crippen LogP contribution in [0.3, 0.4) is 0 Å². The highest BCUT2D eigenvalue weighted by Crippen LogP contribution is 2.23. The lowest BCUT2D eigenvalue weighted by Crippen LogP contribution is -2.44. The van der Waals surface area contributed by atoms with Crippen LogP contribution in [-0.2, 0) is 16.2 Å². The quantitative estimate of drug-likeness (QED) is 0.506. The number of likely N-dealkylation sites (N-methyl/N-ethyl adjacent to an activating group) is 1. The number of hydroxylamine groups is 2. The largest absolute Gasteiger partial charge is 0.332 e. The summed E-state index contributed by atoms with van der Waals surface area (Å²) >= 11 is 9.23. The van der Waals surface area contributed by atoms with Gasteiger partial charge in [0, 0.05) is 11.5 Å². The van der Waals surface area contributed by atoms with Crippen LogP contribution in [0.2, 0.25) is 5.02 Å². The third-order valence-corrected chi connectivity index (χ3v) is 5.61. The van der Waals surface area contributed by atoms with Crippen molar-refractivity contribution in [2.75, 3.05) is 14.2 Å². The van der Waals surface area contributed by atoms with E-state index in [1.807, 2.05) is 0 Å². The topological polar surface area (TPSA) is 73.5 Å². The Bertz CT molecular complexity index is 1240. The molecule has 1 amide bonds. The van der Waals surface area contributed by atoms with E-state index >= 15 is 0 Å². The molecule has 3 aromatic rings. The van der Waals surface area contributed by atoms with Crippen molar-refractivity contribution in [2.24, 2.45) is 0 Å². The highest BCUT2D eigenvalue weighted by Gasteiger charge is 2.25. The Morgan fingerprint density at radius 1 is 1.27 bits per heavy atom. The second-order valence-corrected chi connectivity index (χ2v) is 7.97. The molecule has 0 saturated carbocycles. The van der Waals surface area contributed by atoms with Gasteiger partial charge in [-0.3, -0.25) is 23.6 Å². The van der Waals surface area contributed by atoms with Crippen LogP contribution in [0.5, 0.6) is 0 Å². The fourth-order valence-corrected chi connectivity index (χ4v) is 3.54. The van der Waals surface area contributed by atoms with Crippen LogP contribution in [0.15, 0.2) is 50.5 Å². The van der Waals surface area contributed by atoms with E-state index < -0.39 is 29.0 Å². The molecule has 0 saturated heterocycles. The summed E-state index contributed by atoms with van der Waals surface area (Å²) in [5.41, 5.74) is -0.646. The minimum absolute atomic E-state index is 0.0494. The van der Waals surface area contributed by atoms with Crippen molar-refractivity contribution < 1.29 is 14.0 Å². The van der Waals surface area contributed by atoms with Gasteiger partial charge in [0.15, 0.2) is 0 Å². The SMILES string of the molecule is CON(C)C(=O)C(C)n1c(=O)n(Cc2ccc(Br)cc2)c(=O)c2cc(F)c(Cl)cc21. The van der Waals surface area contributed by atoms with Crippen LogP contribution in [0.1, 0.15) is 18.5 Å². The summed E-state index contributed by atoms with van der Waals surface area (Å²) in [5.74, 6) is -1.33. The zero-order chi connectivity index (χ0) is 22.2. The van der Waals surface area contributed by atoms with E-state index in [1.165, 1.54) is 27.1 Å². The second kappa shape index (κ2) is 8.71. The van der Waals surface area contributed by atoms with Gasteiger partial charge in [0.2, 0.25) is 0 Å². The lowest BCUT2D eigenvalue weighted by atomic mass is 10.2. The van der Waals surface area contributed by atoms with E-state index in [9.17, 15) is 18.8 Å². The summed E-state index contributed by atoms with van der Waals surface area (Å²) in [6, 6.07) is 8.17. The molecule has 1 heterocycles. The molecular weight excluding hydrogens is 481 g/mol. The summed E-state index contributed by atoms with van der Waals surface area (Å²) in [5, 5.41) is 0.645. The van der Waals surface area contributed by atoms with Crippen LogP contribution in [0.25, 0.3) is 10.9 Å². The van der Waals surface area contributed by atoms with E-state index in [0.29, 0.717) is 5.56 Å². The maximum Gasteiger partial charge on any atom is 0.332 e. The van der Waals surface area contributed by atoms with Crippen molar-refractivity contribution in [3.8, 4) is 0 Å². The number of halogens is 3. The fraction of sp³-hybridized carbons (Fsp3) is 0.250. The molecule has 3 rings (SSSR count). The summed E-state index contributed by atoms with van der Waals surface area (Å²) in [6.45, 7) is 1.44. The van der Waals surface area contributed by atoms with E-state index in [-0.39, 0.29) is 22.5 Å². The van der Waals surface area contributed by atoms with Crippen molar-refractivity contribution in [1.82, 2.24) is 14.2 Å². The first-order valence-corrected chi connectivity index (χ1v) is 10.0. The Morgan fingerprint density at radius 3 is 2.50 bits per heavy atom. The van der Waals surface area contributed by atoms with Gasteiger partial charge in [-0.25, -0.2) is 14.2 Å². The van der Waals surface area contributed by atoms with Crippen molar-refractivity contribution in [1.29, 1.82) is 0 Å². The van der Waals surface area contributed by atoms with Gasteiger partial charge in [-0.15, -0.1) is 0 Å². The first kappa shape index (κ1) is 22.2. The van der Waals surface area contributed by atoms with Crippen LogP contribution >= 0.6 is 27.5 Å². The predicted octanol–water partition coefficient (Wildman–Crippen LogP) is 3.35. The number of amides is 1. The second-order valence-electron chi connectivity index (χ2n) is 6.65. The van der Waals surface area contributed by atoms with Gasteiger partial charge in [0.25, 0.3) is 11.5 Å². The van der Waals surface area contributed by atoms with Crippen LogP contribution in [-0.4, -0.2) is 34.3 Å². The van der Waals surface area contributed by atoms with E-state index in [4.69, 9.17) is 16.4 Å². The molecule has 158 valence electrons. The van der Waals surface area contributed by atoms with Gasteiger partial charge in [0.05, 0.1) is 29.6 Å². The molecule has 0 bridgehead atoms. The van der Waals surface area contributed by atoms with Gasteiger partial charge in [0.1, 0.15) is 11.9 Å². The predicted molar refractivity (Wildman–Crippen MR) is 115 cm³/mol. The number of nitrogens with zero attached hydrogens (tertiary/aromatic N) is 3. The number of hydrogen-bond donors (Lipinski definition) is 0. The number of fused-ring (bicyclic) bond motifs is 1. The smallest absolute Gasteiger partial charge is 0.281 e. The zero-order valence-corrected chi connectivity index (χ0v) is 18.7. The molecule has 0 aliphatic heterocycles. The Morgan fingerprint density at radius 2 is 1.90 bits per heavy atom. The molecule has 0 aliphatic carbocycles. The molecule has 0 radical (unpaired) electrons. The molecule has 0 fully saturated rings. The van der Waals surface area contributed by atoms with Gasteiger partial charge >= 0.3 is 5.69 Å². The molecule has 1 aromatic heterocycles. The average molecular weight is 499 g/mol.